The lowest BCUT2D eigenvalue weighted by molar-refractivity contribution is 0.407. The Bertz CT molecular complexity index is 511. The maximum atomic E-state index is 11.1. The zero-order chi connectivity index (χ0) is 12.5. The first-order chi connectivity index (χ1) is 7.26. The molecule has 0 atom stereocenters. The van der Waals surface area contributed by atoms with E-state index in [1.165, 1.54) is 7.11 Å². The molecule has 0 aliphatic carbocycles. The Morgan fingerprint density at radius 1 is 1.44 bits per heavy atom. The third-order valence-electron chi connectivity index (χ3n) is 2.31. The van der Waals surface area contributed by atoms with Crippen LogP contribution >= 0.6 is 26.6 Å². The van der Waals surface area contributed by atoms with Crippen LogP contribution in [0.15, 0.2) is 10.5 Å². The number of halogens is 2. The Morgan fingerprint density at radius 3 is 2.44 bits per heavy atom. The van der Waals surface area contributed by atoms with E-state index < -0.39 is 9.05 Å². The maximum Gasteiger partial charge on any atom is 0.236 e. The highest BCUT2D eigenvalue weighted by Gasteiger charge is 2.18. The van der Waals surface area contributed by atoms with Crippen molar-refractivity contribution in [1.82, 2.24) is 0 Å². The van der Waals surface area contributed by atoms with Crippen molar-refractivity contribution in [1.29, 1.82) is 0 Å². The van der Waals surface area contributed by atoms with E-state index in [9.17, 15) is 8.42 Å². The molecule has 0 amide bonds. The lowest BCUT2D eigenvalue weighted by Gasteiger charge is -2.14. The lowest BCUT2D eigenvalue weighted by Crippen LogP contribution is -2.03. The van der Waals surface area contributed by atoms with Gasteiger partial charge in [-0.2, -0.15) is 0 Å². The second-order valence-electron chi connectivity index (χ2n) is 3.50. The fourth-order valence-corrected chi connectivity index (χ4v) is 3.08. The minimum Gasteiger partial charge on any atom is -0.496 e. The average Bonchev–Trinajstić information content (AvgIpc) is 2.13. The summed E-state index contributed by atoms with van der Waals surface area (Å²) in [6.07, 6.45) is 0. The van der Waals surface area contributed by atoms with Gasteiger partial charge in [-0.15, -0.1) is 0 Å². The molecule has 0 aliphatic rings. The minimum atomic E-state index is -3.58. The zero-order valence-electron chi connectivity index (χ0n) is 9.17. The van der Waals surface area contributed by atoms with Gasteiger partial charge in [0.25, 0.3) is 0 Å². The molecule has 0 spiro atoms. The normalized spacial score (nSPS) is 11.6. The standard InChI is InChI=1S/C10H12BrClO3S/c1-6-4-9(11)7(2)10(15-3)8(6)5-16(12,13)14/h4H,5H2,1-3H3. The van der Waals surface area contributed by atoms with Crippen LogP contribution in [-0.2, 0) is 14.8 Å². The van der Waals surface area contributed by atoms with E-state index in [2.05, 4.69) is 15.9 Å². The van der Waals surface area contributed by atoms with Gasteiger partial charge in [-0.05, 0) is 25.5 Å². The largest absolute Gasteiger partial charge is 0.496 e. The summed E-state index contributed by atoms with van der Waals surface area (Å²) < 4.78 is 28.3. The van der Waals surface area contributed by atoms with Crippen LogP contribution in [0.2, 0.25) is 0 Å². The molecular weight excluding hydrogens is 316 g/mol. The predicted molar refractivity (Wildman–Crippen MR) is 68.6 cm³/mol. The number of hydrogen-bond donors (Lipinski definition) is 0. The van der Waals surface area contributed by atoms with Gasteiger partial charge < -0.3 is 4.74 Å². The Hall–Kier alpha value is -0.260. The first kappa shape index (κ1) is 13.8. The number of benzene rings is 1. The highest BCUT2D eigenvalue weighted by Crippen LogP contribution is 2.34. The van der Waals surface area contributed by atoms with Gasteiger partial charge in [0, 0.05) is 26.3 Å². The summed E-state index contributed by atoms with van der Waals surface area (Å²) in [4.78, 5) is 0. The quantitative estimate of drug-likeness (QED) is 0.801. The second kappa shape index (κ2) is 4.94. The lowest BCUT2D eigenvalue weighted by atomic mass is 10.1. The van der Waals surface area contributed by atoms with Crippen LogP contribution in [0.3, 0.4) is 0 Å². The summed E-state index contributed by atoms with van der Waals surface area (Å²) in [5.74, 6) is 0.341. The Kier molecular flexibility index (Phi) is 4.26. The van der Waals surface area contributed by atoms with E-state index in [4.69, 9.17) is 15.4 Å². The number of aryl methyl sites for hydroxylation is 1. The van der Waals surface area contributed by atoms with Crippen LogP contribution in [0.25, 0.3) is 0 Å². The number of ether oxygens (including phenoxy) is 1. The third-order valence-corrected chi connectivity index (χ3v) is 4.10. The fourth-order valence-electron chi connectivity index (χ4n) is 1.53. The van der Waals surface area contributed by atoms with Gasteiger partial charge in [0.2, 0.25) is 9.05 Å². The van der Waals surface area contributed by atoms with Crippen LogP contribution < -0.4 is 4.74 Å². The molecule has 1 rings (SSSR count). The second-order valence-corrected chi connectivity index (χ2v) is 7.13. The average molecular weight is 328 g/mol. The van der Waals surface area contributed by atoms with Gasteiger partial charge in [0.05, 0.1) is 12.9 Å². The molecule has 0 aromatic heterocycles. The Morgan fingerprint density at radius 2 is 2.00 bits per heavy atom. The number of methoxy groups -OCH3 is 1. The summed E-state index contributed by atoms with van der Waals surface area (Å²) in [6.45, 7) is 3.68. The number of hydrogen-bond acceptors (Lipinski definition) is 3. The van der Waals surface area contributed by atoms with Crippen molar-refractivity contribution in [3.63, 3.8) is 0 Å². The molecule has 90 valence electrons. The smallest absolute Gasteiger partial charge is 0.236 e. The van der Waals surface area contributed by atoms with E-state index >= 15 is 0 Å². The van der Waals surface area contributed by atoms with Crippen molar-refractivity contribution in [2.45, 2.75) is 19.6 Å². The third kappa shape index (κ3) is 3.12. The van der Waals surface area contributed by atoms with E-state index in [1.807, 2.05) is 19.9 Å². The highest BCUT2D eigenvalue weighted by atomic mass is 79.9. The van der Waals surface area contributed by atoms with Crippen LogP contribution in [0.4, 0.5) is 0 Å². The molecule has 0 fully saturated rings. The molecule has 0 heterocycles. The summed E-state index contributed by atoms with van der Waals surface area (Å²) in [7, 11) is 3.19. The first-order valence-corrected chi connectivity index (χ1v) is 7.78. The summed E-state index contributed by atoms with van der Waals surface area (Å²) >= 11 is 3.39. The minimum absolute atomic E-state index is 0.225. The predicted octanol–water partition coefficient (Wildman–Crippen LogP) is 3.14. The van der Waals surface area contributed by atoms with Crippen molar-refractivity contribution in [3.05, 3.63) is 27.2 Å². The van der Waals surface area contributed by atoms with Crippen molar-refractivity contribution < 1.29 is 13.2 Å². The first-order valence-electron chi connectivity index (χ1n) is 4.51. The maximum absolute atomic E-state index is 11.1. The molecule has 0 bridgehead atoms. The SMILES string of the molecule is COc1c(C)c(Br)cc(C)c1CS(=O)(=O)Cl. The molecular formula is C10H12BrClO3S. The van der Waals surface area contributed by atoms with Crippen molar-refractivity contribution >= 4 is 35.7 Å². The van der Waals surface area contributed by atoms with E-state index in [0.29, 0.717) is 11.3 Å². The molecule has 1 aromatic rings. The zero-order valence-corrected chi connectivity index (χ0v) is 12.3. The van der Waals surface area contributed by atoms with Crippen LogP contribution in [-0.4, -0.2) is 15.5 Å². The summed E-state index contributed by atoms with van der Waals surface area (Å²) in [5.41, 5.74) is 2.31. The summed E-state index contributed by atoms with van der Waals surface area (Å²) in [6, 6.07) is 1.86. The van der Waals surface area contributed by atoms with E-state index in [-0.39, 0.29) is 5.75 Å². The molecule has 0 unspecified atom stereocenters. The highest BCUT2D eigenvalue weighted by molar-refractivity contribution is 9.10. The van der Waals surface area contributed by atoms with Crippen molar-refractivity contribution in [2.24, 2.45) is 0 Å². The Balaban J connectivity index is 3.43. The molecule has 0 N–H and O–H groups in total. The van der Waals surface area contributed by atoms with Gasteiger partial charge in [0.15, 0.2) is 0 Å². The van der Waals surface area contributed by atoms with Crippen LogP contribution in [0, 0.1) is 13.8 Å². The van der Waals surface area contributed by atoms with Crippen molar-refractivity contribution in [3.8, 4) is 5.75 Å². The fraction of sp³-hybridized carbons (Fsp3) is 0.400. The molecule has 0 aliphatic heterocycles. The topological polar surface area (TPSA) is 43.4 Å². The molecule has 1 aromatic carbocycles. The van der Waals surface area contributed by atoms with E-state index in [1.54, 1.807) is 0 Å². The van der Waals surface area contributed by atoms with E-state index in [0.717, 1.165) is 15.6 Å². The molecule has 0 saturated carbocycles. The van der Waals surface area contributed by atoms with Gasteiger partial charge in [-0.3, -0.25) is 0 Å². The molecule has 3 nitrogen and oxygen atoms in total. The summed E-state index contributed by atoms with van der Waals surface area (Å²) in [5, 5.41) is 0. The molecule has 6 heteroatoms. The monoisotopic (exact) mass is 326 g/mol. The van der Waals surface area contributed by atoms with Crippen LogP contribution in [0.5, 0.6) is 5.75 Å². The van der Waals surface area contributed by atoms with Crippen molar-refractivity contribution in [2.75, 3.05) is 7.11 Å². The number of rotatable bonds is 3. The molecule has 0 saturated heterocycles. The van der Waals surface area contributed by atoms with Gasteiger partial charge in [0.1, 0.15) is 5.75 Å². The van der Waals surface area contributed by atoms with Gasteiger partial charge >= 0.3 is 0 Å². The van der Waals surface area contributed by atoms with Gasteiger partial charge in [-0.1, -0.05) is 15.9 Å². The van der Waals surface area contributed by atoms with Gasteiger partial charge in [-0.25, -0.2) is 8.42 Å². The Labute approximate surface area is 108 Å². The molecule has 0 radical (unpaired) electrons. The molecule has 16 heavy (non-hydrogen) atoms. The van der Waals surface area contributed by atoms with Crippen LogP contribution in [0.1, 0.15) is 16.7 Å².